The number of allylic oxidation sites excluding steroid dienone is 2. The number of aryl methyl sites for hydroxylation is 1. The Balaban J connectivity index is 2.07. The molecule has 3 aromatic heterocycles. The molecule has 0 radical (unpaired) electrons. The van der Waals surface area contributed by atoms with Gasteiger partial charge in [0.25, 0.3) is 0 Å². The molecule has 3 nitrogen and oxygen atoms in total. The predicted octanol–water partition coefficient (Wildman–Crippen LogP) is 4.78. The minimum absolute atomic E-state index is 0.239. The van der Waals surface area contributed by atoms with Crippen molar-refractivity contribution in [3.63, 3.8) is 0 Å². The number of aromatic nitrogens is 3. The van der Waals surface area contributed by atoms with Crippen LogP contribution in [-0.2, 0) is 6.18 Å². The highest BCUT2D eigenvalue weighted by Gasteiger charge is 2.33. The summed E-state index contributed by atoms with van der Waals surface area (Å²) in [5.74, 6) is 0. The molecule has 0 aliphatic heterocycles. The maximum Gasteiger partial charge on any atom is 0.434 e. The highest BCUT2D eigenvalue weighted by atomic mass is 19.4. The Bertz CT molecular complexity index is 936. The lowest BCUT2D eigenvalue weighted by Crippen LogP contribution is -2.04. The molecule has 0 bridgehead atoms. The smallest absolute Gasteiger partial charge is 0.306 e. The second kappa shape index (κ2) is 5.96. The lowest BCUT2D eigenvalue weighted by Gasteiger charge is -2.05. The van der Waals surface area contributed by atoms with Crippen LogP contribution >= 0.6 is 0 Å². The van der Waals surface area contributed by atoms with Gasteiger partial charge in [-0.1, -0.05) is 18.7 Å². The zero-order valence-electron chi connectivity index (χ0n) is 12.9. The molecular weight excluding hydrogens is 315 g/mol. The summed E-state index contributed by atoms with van der Waals surface area (Å²) < 4.78 is 39.7. The summed E-state index contributed by atoms with van der Waals surface area (Å²) in [6, 6.07) is 7.05. The van der Waals surface area contributed by atoms with Crippen molar-refractivity contribution in [3.8, 4) is 0 Å². The van der Waals surface area contributed by atoms with E-state index in [0.717, 1.165) is 28.6 Å². The minimum atomic E-state index is -4.46. The molecule has 3 aromatic rings. The van der Waals surface area contributed by atoms with E-state index in [2.05, 4.69) is 16.5 Å². The standard InChI is InChI=1S/C18H14F3N3/c1-3-13(9-15-12(2)5-4-8-22-15)14-6-7-17-23-16(18(19,20)21)11-24(17)10-14/h3-11H,1H2,2H3/b13-9+. The van der Waals surface area contributed by atoms with Crippen molar-refractivity contribution in [1.82, 2.24) is 14.4 Å². The largest absolute Gasteiger partial charge is 0.434 e. The second-order valence-corrected chi connectivity index (χ2v) is 5.32. The first kappa shape index (κ1) is 16.0. The van der Waals surface area contributed by atoms with E-state index in [0.29, 0.717) is 0 Å². The third-order valence-electron chi connectivity index (χ3n) is 3.64. The highest BCUT2D eigenvalue weighted by molar-refractivity contribution is 5.87. The molecule has 0 aliphatic rings. The van der Waals surface area contributed by atoms with Crippen molar-refractivity contribution < 1.29 is 13.2 Å². The van der Waals surface area contributed by atoms with Gasteiger partial charge in [-0.05, 0) is 47.9 Å². The van der Waals surface area contributed by atoms with Gasteiger partial charge in [-0.25, -0.2) is 4.98 Å². The highest BCUT2D eigenvalue weighted by Crippen LogP contribution is 2.29. The SMILES string of the molecule is C=C/C(=C\c1ncccc1C)c1ccc2nc(C(F)(F)F)cn2c1. The molecule has 6 heteroatoms. The van der Waals surface area contributed by atoms with Gasteiger partial charge < -0.3 is 4.40 Å². The van der Waals surface area contributed by atoms with E-state index in [1.165, 1.54) is 4.40 Å². The van der Waals surface area contributed by atoms with Crippen LogP contribution in [0.2, 0.25) is 0 Å². The first-order chi connectivity index (χ1) is 11.4. The fourth-order valence-electron chi connectivity index (χ4n) is 2.36. The van der Waals surface area contributed by atoms with Gasteiger partial charge in [-0.15, -0.1) is 0 Å². The van der Waals surface area contributed by atoms with E-state index in [4.69, 9.17) is 0 Å². The molecule has 0 saturated carbocycles. The van der Waals surface area contributed by atoms with Crippen molar-refractivity contribution in [1.29, 1.82) is 0 Å². The Morgan fingerprint density at radius 3 is 2.67 bits per heavy atom. The Labute approximate surface area is 136 Å². The predicted molar refractivity (Wildman–Crippen MR) is 87.2 cm³/mol. The molecule has 122 valence electrons. The average Bonchev–Trinajstić information content (AvgIpc) is 2.97. The summed E-state index contributed by atoms with van der Waals surface area (Å²) in [6.45, 7) is 5.73. The van der Waals surface area contributed by atoms with Gasteiger partial charge >= 0.3 is 6.18 Å². The number of hydrogen-bond acceptors (Lipinski definition) is 2. The maximum absolute atomic E-state index is 12.8. The molecule has 24 heavy (non-hydrogen) atoms. The van der Waals surface area contributed by atoms with Crippen LogP contribution in [0.15, 0.2) is 55.5 Å². The fourth-order valence-corrected chi connectivity index (χ4v) is 2.36. The summed E-state index contributed by atoms with van der Waals surface area (Å²) >= 11 is 0. The van der Waals surface area contributed by atoms with Crippen LogP contribution in [0.1, 0.15) is 22.5 Å². The number of imidazole rings is 1. The van der Waals surface area contributed by atoms with E-state index in [9.17, 15) is 13.2 Å². The van der Waals surface area contributed by atoms with E-state index in [-0.39, 0.29) is 5.65 Å². The molecule has 3 heterocycles. The van der Waals surface area contributed by atoms with Gasteiger partial charge in [0.2, 0.25) is 0 Å². The quantitative estimate of drug-likeness (QED) is 0.647. The van der Waals surface area contributed by atoms with Gasteiger partial charge in [0.1, 0.15) is 5.65 Å². The van der Waals surface area contributed by atoms with Crippen LogP contribution in [0.3, 0.4) is 0 Å². The molecule has 0 fully saturated rings. The Hall–Kier alpha value is -2.89. The summed E-state index contributed by atoms with van der Waals surface area (Å²) in [5, 5.41) is 0. The molecule has 0 atom stereocenters. The average molecular weight is 329 g/mol. The number of halogens is 3. The van der Waals surface area contributed by atoms with Crippen molar-refractivity contribution in [2.45, 2.75) is 13.1 Å². The molecule has 0 aromatic carbocycles. The first-order valence-corrected chi connectivity index (χ1v) is 7.20. The maximum atomic E-state index is 12.8. The van der Waals surface area contributed by atoms with Gasteiger partial charge in [-0.3, -0.25) is 4.98 Å². The molecule has 0 saturated heterocycles. The monoisotopic (exact) mass is 329 g/mol. The molecular formula is C18H14F3N3. The van der Waals surface area contributed by atoms with Gasteiger partial charge in [0, 0.05) is 18.6 Å². The first-order valence-electron chi connectivity index (χ1n) is 7.20. The zero-order valence-corrected chi connectivity index (χ0v) is 12.9. The lowest BCUT2D eigenvalue weighted by molar-refractivity contribution is -0.140. The third kappa shape index (κ3) is 3.08. The topological polar surface area (TPSA) is 30.2 Å². The normalized spacial score (nSPS) is 12.6. The Morgan fingerprint density at radius 1 is 1.21 bits per heavy atom. The fraction of sp³-hybridized carbons (Fsp3) is 0.111. The number of rotatable bonds is 3. The summed E-state index contributed by atoms with van der Waals surface area (Å²) in [4.78, 5) is 7.89. The number of hydrogen-bond donors (Lipinski definition) is 0. The van der Waals surface area contributed by atoms with E-state index in [1.807, 2.05) is 25.1 Å². The van der Waals surface area contributed by atoms with Gasteiger partial charge in [0.05, 0.1) is 5.69 Å². The molecule has 0 amide bonds. The molecule has 3 rings (SSSR count). The summed E-state index contributed by atoms with van der Waals surface area (Å²) in [6.07, 6.45) is 3.31. The van der Waals surface area contributed by atoms with E-state index in [1.54, 1.807) is 30.6 Å². The number of fused-ring (bicyclic) bond motifs is 1. The molecule has 0 spiro atoms. The molecule has 0 N–H and O–H groups in total. The number of alkyl halides is 3. The summed E-state index contributed by atoms with van der Waals surface area (Å²) in [5.41, 5.74) is 2.61. The van der Waals surface area contributed by atoms with Crippen LogP contribution in [-0.4, -0.2) is 14.4 Å². The van der Waals surface area contributed by atoms with Crippen LogP contribution in [0.25, 0.3) is 17.3 Å². The third-order valence-corrected chi connectivity index (χ3v) is 3.64. The van der Waals surface area contributed by atoms with Gasteiger partial charge in [0.15, 0.2) is 5.69 Å². The van der Waals surface area contributed by atoms with Crippen LogP contribution in [0, 0.1) is 6.92 Å². The molecule has 0 unspecified atom stereocenters. The second-order valence-electron chi connectivity index (χ2n) is 5.32. The number of nitrogens with zero attached hydrogens (tertiary/aromatic N) is 3. The van der Waals surface area contributed by atoms with Crippen molar-refractivity contribution in [2.24, 2.45) is 0 Å². The van der Waals surface area contributed by atoms with Crippen molar-refractivity contribution >= 4 is 17.3 Å². The Kier molecular flexibility index (Phi) is 3.97. The summed E-state index contributed by atoms with van der Waals surface area (Å²) in [7, 11) is 0. The van der Waals surface area contributed by atoms with Crippen LogP contribution in [0.5, 0.6) is 0 Å². The Morgan fingerprint density at radius 2 is 2.00 bits per heavy atom. The van der Waals surface area contributed by atoms with Crippen LogP contribution in [0.4, 0.5) is 13.2 Å². The van der Waals surface area contributed by atoms with Crippen molar-refractivity contribution in [3.05, 3.63) is 78.0 Å². The zero-order chi connectivity index (χ0) is 17.3. The van der Waals surface area contributed by atoms with E-state index >= 15 is 0 Å². The number of pyridine rings is 2. The minimum Gasteiger partial charge on any atom is -0.306 e. The van der Waals surface area contributed by atoms with Crippen LogP contribution < -0.4 is 0 Å². The molecule has 0 aliphatic carbocycles. The van der Waals surface area contributed by atoms with Gasteiger partial charge in [-0.2, -0.15) is 13.2 Å². The lowest BCUT2D eigenvalue weighted by atomic mass is 10.1. The van der Waals surface area contributed by atoms with Crippen molar-refractivity contribution in [2.75, 3.05) is 0 Å². The van der Waals surface area contributed by atoms with E-state index < -0.39 is 11.9 Å².